The van der Waals surface area contributed by atoms with E-state index in [9.17, 15) is 19.2 Å². The number of nitrogens with zero attached hydrogens (tertiary/aromatic N) is 1. The number of rotatable bonds is 6. The zero-order valence-electron chi connectivity index (χ0n) is 16.0. The maximum absolute atomic E-state index is 12.3. The lowest BCUT2D eigenvalue weighted by atomic mass is 10.1. The first kappa shape index (κ1) is 20.5. The lowest BCUT2D eigenvalue weighted by molar-refractivity contribution is -0.131. The van der Waals surface area contributed by atoms with Crippen LogP contribution in [0.2, 0.25) is 0 Å². The van der Waals surface area contributed by atoms with Gasteiger partial charge in [0.05, 0.1) is 0 Å². The van der Waals surface area contributed by atoms with Gasteiger partial charge in [-0.2, -0.15) is 5.10 Å². The average molecular weight is 406 g/mol. The van der Waals surface area contributed by atoms with Crippen LogP contribution < -0.4 is 20.9 Å². The molecule has 0 saturated heterocycles. The van der Waals surface area contributed by atoms with E-state index in [-0.39, 0.29) is 18.1 Å². The average Bonchev–Trinajstić information content (AvgIpc) is 2.73. The molecule has 2 amide bonds. The third-order valence-corrected chi connectivity index (χ3v) is 3.93. The van der Waals surface area contributed by atoms with Crippen molar-refractivity contribution in [3.05, 3.63) is 87.8 Å². The van der Waals surface area contributed by atoms with Crippen LogP contribution in [0.15, 0.2) is 65.5 Å². The highest BCUT2D eigenvalue weighted by Gasteiger charge is 2.09. The van der Waals surface area contributed by atoms with Crippen molar-refractivity contribution in [2.75, 3.05) is 5.32 Å². The van der Waals surface area contributed by atoms with Gasteiger partial charge in [0.25, 0.3) is 17.4 Å². The van der Waals surface area contributed by atoms with Gasteiger partial charge in [0, 0.05) is 30.8 Å². The molecule has 0 atom stereocenters. The first-order valence-electron chi connectivity index (χ1n) is 8.93. The molecule has 1 aromatic heterocycles. The number of hydrogen-bond acceptors (Lipinski definition) is 6. The molecule has 1 heterocycles. The molecule has 0 aliphatic heterocycles. The molecular weight excluding hydrogens is 388 g/mol. The standard InChI is InChI=1S/C21H18N4O5/c1-13(26)30-17-4-2-3-15(11-17)20(28)22-12-14-5-7-16(8-6-14)23-21(29)18-9-10-19(27)25-24-18/h2-11H,12H2,1H3,(H,22,28)(H,23,29)(H,25,27). The summed E-state index contributed by atoms with van der Waals surface area (Å²) in [7, 11) is 0. The summed E-state index contributed by atoms with van der Waals surface area (Å²) in [5, 5.41) is 11.3. The van der Waals surface area contributed by atoms with Crippen LogP contribution in [0.4, 0.5) is 5.69 Å². The van der Waals surface area contributed by atoms with Crippen molar-refractivity contribution < 1.29 is 19.1 Å². The minimum absolute atomic E-state index is 0.0851. The number of anilines is 1. The Bertz CT molecular complexity index is 1120. The van der Waals surface area contributed by atoms with Crippen LogP contribution in [0, 0.1) is 0 Å². The van der Waals surface area contributed by atoms with E-state index in [0.29, 0.717) is 17.0 Å². The van der Waals surface area contributed by atoms with Crippen molar-refractivity contribution in [2.24, 2.45) is 0 Å². The zero-order chi connectivity index (χ0) is 21.5. The van der Waals surface area contributed by atoms with E-state index in [1.54, 1.807) is 42.5 Å². The number of amides is 2. The number of benzene rings is 2. The van der Waals surface area contributed by atoms with Crippen LogP contribution in [-0.4, -0.2) is 28.0 Å². The number of ether oxygens (including phenoxy) is 1. The second-order valence-electron chi connectivity index (χ2n) is 6.26. The van der Waals surface area contributed by atoms with Crippen LogP contribution in [0.5, 0.6) is 5.75 Å². The molecule has 0 radical (unpaired) electrons. The summed E-state index contributed by atoms with van der Waals surface area (Å²) < 4.78 is 4.98. The van der Waals surface area contributed by atoms with Gasteiger partial charge >= 0.3 is 5.97 Å². The van der Waals surface area contributed by atoms with Crippen molar-refractivity contribution >= 4 is 23.5 Å². The van der Waals surface area contributed by atoms with Crippen LogP contribution in [-0.2, 0) is 11.3 Å². The monoisotopic (exact) mass is 406 g/mol. The Morgan fingerprint density at radius 2 is 1.77 bits per heavy atom. The van der Waals surface area contributed by atoms with Gasteiger partial charge in [0.15, 0.2) is 0 Å². The number of carbonyl (C=O) groups is 3. The van der Waals surface area contributed by atoms with Crippen molar-refractivity contribution in [1.29, 1.82) is 0 Å². The fourth-order valence-electron chi connectivity index (χ4n) is 2.52. The topological polar surface area (TPSA) is 130 Å². The molecule has 3 N–H and O–H groups in total. The van der Waals surface area contributed by atoms with Crippen LogP contribution in [0.1, 0.15) is 33.3 Å². The Kier molecular flexibility index (Phi) is 6.33. The van der Waals surface area contributed by atoms with Gasteiger partial charge in [-0.25, -0.2) is 5.10 Å². The molecule has 0 saturated carbocycles. The number of carbonyl (C=O) groups excluding carboxylic acids is 3. The maximum Gasteiger partial charge on any atom is 0.308 e. The molecule has 3 rings (SSSR count). The van der Waals surface area contributed by atoms with Gasteiger partial charge in [0.1, 0.15) is 11.4 Å². The maximum atomic E-state index is 12.3. The van der Waals surface area contributed by atoms with Crippen LogP contribution in [0.3, 0.4) is 0 Å². The number of hydrogen-bond donors (Lipinski definition) is 3. The predicted octanol–water partition coefficient (Wildman–Crippen LogP) is 1.88. The van der Waals surface area contributed by atoms with Gasteiger partial charge in [-0.15, -0.1) is 0 Å². The normalized spacial score (nSPS) is 10.2. The highest BCUT2D eigenvalue weighted by atomic mass is 16.5. The second kappa shape index (κ2) is 9.28. The summed E-state index contributed by atoms with van der Waals surface area (Å²) >= 11 is 0. The summed E-state index contributed by atoms with van der Waals surface area (Å²) in [5.74, 6) is -0.936. The lowest BCUT2D eigenvalue weighted by Crippen LogP contribution is -2.22. The summed E-state index contributed by atoms with van der Waals surface area (Å²) in [5.41, 5.74) is 1.42. The molecule has 2 aromatic carbocycles. The van der Waals surface area contributed by atoms with Gasteiger partial charge < -0.3 is 15.4 Å². The smallest absolute Gasteiger partial charge is 0.308 e. The van der Waals surface area contributed by atoms with Gasteiger partial charge in [-0.1, -0.05) is 18.2 Å². The Morgan fingerprint density at radius 3 is 2.43 bits per heavy atom. The Hall–Kier alpha value is -4.27. The Morgan fingerprint density at radius 1 is 1.00 bits per heavy atom. The fraction of sp³-hybridized carbons (Fsp3) is 0.0952. The summed E-state index contributed by atoms with van der Waals surface area (Å²) in [4.78, 5) is 46.4. The molecule has 9 heteroatoms. The molecule has 9 nitrogen and oxygen atoms in total. The van der Waals surface area contributed by atoms with Gasteiger partial charge in [-0.3, -0.25) is 19.2 Å². The van der Waals surface area contributed by atoms with Gasteiger partial charge in [-0.05, 0) is 42.0 Å². The quantitative estimate of drug-likeness (QED) is 0.423. The van der Waals surface area contributed by atoms with E-state index in [2.05, 4.69) is 20.8 Å². The molecular formula is C21H18N4O5. The first-order chi connectivity index (χ1) is 14.4. The van der Waals surface area contributed by atoms with E-state index >= 15 is 0 Å². The fourth-order valence-corrected chi connectivity index (χ4v) is 2.52. The second-order valence-corrected chi connectivity index (χ2v) is 6.26. The number of esters is 1. The van der Waals surface area contributed by atoms with Crippen molar-refractivity contribution in [2.45, 2.75) is 13.5 Å². The molecule has 30 heavy (non-hydrogen) atoms. The molecule has 3 aromatic rings. The predicted molar refractivity (Wildman–Crippen MR) is 108 cm³/mol. The molecule has 0 fully saturated rings. The number of aromatic amines is 1. The van der Waals surface area contributed by atoms with E-state index in [1.807, 2.05) is 0 Å². The summed E-state index contributed by atoms with van der Waals surface area (Å²) in [6, 6.07) is 15.8. The van der Waals surface area contributed by atoms with E-state index < -0.39 is 17.4 Å². The zero-order valence-corrected chi connectivity index (χ0v) is 16.0. The highest BCUT2D eigenvalue weighted by Crippen LogP contribution is 2.14. The van der Waals surface area contributed by atoms with Crippen molar-refractivity contribution in [3.8, 4) is 5.75 Å². The number of nitrogens with one attached hydrogen (secondary N) is 3. The Balaban J connectivity index is 1.56. The van der Waals surface area contributed by atoms with E-state index in [0.717, 1.165) is 5.56 Å². The van der Waals surface area contributed by atoms with E-state index in [4.69, 9.17) is 4.74 Å². The molecule has 0 bridgehead atoms. The minimum atomic E-state index is -0.462. The van der Waals surface area contributed by atoms with Crippen LogP contribution >= 0.6 is 0 Å². The van der Waals surface area contributed by atoms with E-state index in [1.165, 1.54) is 25.1 Å². The molecule has 0 spiro atoms. The molecule has 0 aliphatic rings. The lowest BCUT2D eigenvalue weighted by Gasteiger charge is -2.08. The largest absolute Gasteiger partial charge is 0.427 e. The Labute approximate surface area is 171 Å². The minimum Gasteiger partial charge on any atom is -0.427 e. The third kappa shape index (κ3) is 5.61. The summed E-state index contributed by atoms with van der Waals surface area (Å²) in [6.45, 7) is 1.56. The molecule has 0 unspecified atom stereocenters. The van der Waals surface area contributed by atoms with Gasteiger partial charge in [0.2, 0.25) is 0 Å². The van der Waals surface area contributed by atoms with Crippen molar-refractivity contribution in [3.63, 3.8) is 0 Å². The van der Waals surface area contributed by atoms with Crippen molar-refractivity contribution in [1.82, 2.24) is 15.5 Å². The number of H-pyrrole nitrogens is 1. The third-order valence-electron chi connectivity index (χ3n) is 3.93. The van der Waals surface area contributed by atoms with Crippen LogP contribution in [0.25, 0.3) is 0 Å². The summed E-state index contributed by atoms with van der Waals surface area (Å²) in [6.07, 6.45) is 0. The number of aromatic nitrogens is 2. The SMILES string of the molecule is CC(=O)Oc1cccc(C(=O)NCc2ccc(NC(=O)c3ccc(=O)[nH]n3)cc2)c1. The molecule has 0 aliphatic carbocycles. The first-order valence-corrected chi connectivity index (χ1v) is 8.93. The molecule has 152 valence electrons. The highest BCUT2D eigenvalue weighted by molar-refractivity contribution is 6.02.